The Morgan fingerprint density at radius 2 is 1.93 bits per heavy atom. The molecule has 0 spiro atoms. The third kappa shape index (κ3) is 6.00. The van der Waals surface area contributed by atoms with Gasteiger partial charge < -0.3 is 19.7 Å². The summed E-state index contributed by atoms with van der Waals surface area (Å²) in [6.45, 7) is 11.2. The maximum atomic E-state index is 12.1. The van der Waals surface area contributed by atoms with Crippen LogP contribution in [0, 0.1) is 23.0 Å². The van der Waals surface area contributed by atoms with Crippen molar-refractivity contribution < 1.29 is 19.2 Å². The number of nitro benzene ring substituents is 1. The second-order valence-electron chi connectivity index (χ2n) is 7.93. The van der Waals surface area contributed by atoms with Crippen LogP contribution in [0.4, 0.5) is 16.2 Å². The van der Waals surface area contributed by atoms with Gasteiger partial charge in [0.2, 0.25) is 0 Å². The number of nitro groups is 1. The van der Waals surface area contributed by atoms with Crippen LogP contribution in [-0.4, -0.2) is 47.8 Å². The molecule has 0 aliphatic carbocycles. The molecular formula is C20H31N3O5. The fraction of sp³-hybridized carbons (Fsp3) is 0.650. The quantitative estimate of drug-likeness (QED) is 0.546. The fourth-order valence-electron chi connectivity index (χ4n) is 3.08. The number of amides is 1. The van der Waals surface area contributed by atoms with Crippen molar-refractivity contribution in [3.63, 3.8) is 0 Å². The summed E-state index contributed by atoms with van der Waals surface area (Å²) < 4.78 is 10.9. The number of hydrogen-bond donors (Lipinski definition) is 1. The molecular weight excluding hydrogens is 362 g/mol. The van der Waals surface area contributed by atoms with Crippen molar-refractivity contribution in [2.45, 2.75) is 59.6 Å². The van der Waals surface area contributed by atoms with E-state index in [1.807, 2.05) is 34.6 Å². The Balaban J connectivity index is 2.01. The minimum absolute atomic E-state index is 0.0000210. The Hall–Kier alpha value is -2.51. The zero-order valence-corrected chi connectivity index (χ0v) is 17.4. The number of carbonyl (C=O) groups excluding carboxylic acids is 1. The van der Waals surface area contributed by atoms with E-state index in [4.69, 9.17) is 9.47 Å². The number of carbonyl (C=O) groups is 1. The average Bonchev–Trinajstić information content (AvgIpc) is 2.61. The minimum Gasteiger partial charge on any atom is -0.490 e. The van der Waals surface area contributed by atoms with Crippen molar-refractivity contribution in [1.82, 2.24) is 4.90 Å². The zero-order chi connectivity index (χ0) is 20.8. The van der Waals surface area contributed by atoms with Gasteiger partial charge in [-0.2, -0.15) is 0 Å². The number of ether oxygens (including phenoxy) is 2. The molecule has 8 nitrogen and oxygen atoms in total. The maximum absolute atomic E-state index is 12.1. The van der Waals surface area contributed by atoms with Crippen LogP contribution >= 0.6 is 0 Å². The first-order valence-corrected chi connectivity index (χ1v) is 9.81. The van der Waals surface area contributed by atoms with E-state index in [0.29, 0.717) is 49.9 Å². The van der Waals surface area contributed by atoms with Crippen LogP contribution in [0.25, 0.3) is 0 Å². The number of rotatable bonds is 7. The molecule has 0 radical (unpaired) electrons. The number of benzene rings is 1. The largest absolute Gasteiger partial charge is 0.490 e. The summed E-state index contributed by atoms with van der Waals surface area (Å²) in [6, 6.07) is 3.30. The summed E-state index contributed by atoms with van der Waals surface area (Å²) in [5, 5.41) is 14.8. The highest BCUT2D eigenvalue weighted by Crippen LogP contribution is 2.34. The first-order valence-electron chi connectivity index (χ1n) is 9.81. The molecule has 0 bridgehead atoms. The molecule has 1 heterocycles. The molecule has 0 aromatic heterocycles. The molecule has 28 heavy (non-hydrogen) atoms. The van der Waals surface area contributed by atoms with Crippen molar-refractivity contribution >= 4 is 17.5 Å². The van der Waals surface area contributed by atoms with Crippen molar-refractivity contribution in [3.05, 3.63) is 27.8 Å². The number of anilines is 1. The standard InChI is InChI=1S/C20H31N3O5/c1-13(2)12-27-20(24)22-8-6-16(7-9-22)21-17-10-15(5)19(28-14(3)4)11-18(17)23(25)26/h10-11,13-14,16,21H,6-9,12H2,1-5H3. The van der Waals surface area contributed by atoms with Gasteiger partial charge in [-0.25, -0.2) is 4.79 Å². The lowest BCUT2D eigenvalue weighted by atomic mass is 10.0. The summed E-state index contributed by atoms with van der Waals surface area (Å²) in [6.07, 6.45) is 1.06. The maximum Gasteiger partial charge on any atom is 0.409 e. The van der Waals surface area contributed by atoms with Crippen molar-refractivity contribution in [2.24, 2.45) is 5.92 Å². The lowest BCUT2D eigenvalue weighted by Gasteiger charge is -2.32. The predicted octanol–water partition coefficient (Wildman–Crippen LogP) is 4.36. The predicted molar refractivity (Wildman–Crippen MR) is 108 cm³/mol. The normalized spacial score (nSPS) is 15.0. The van der Waals surface area contributed by atoms with E-state index in [1.165, 1.54) is 6.07 Å². The summed E-state index contributed by atoms with van der Waals surface area (Å²) in [5.74, 6) is 0.824. The van der Waals surface area contributed by atoms with Gasteiger partial charge in [-0.3, -0.25) is 10.1 Å². The van der Waals surface area contributed by atoms with Crippen LogP contribution in [-0.2, 0) is 4.74 Å². The Labute approximate surface area is 166 Å². The Bertz CT molecular complexity index is 697. The second-order valence-corrected chi connectivity index (χ2v) is 7.93. The van der Waals surface area contributed by atoms with Crippen LogP contribution in [0.1, 0.15) is 46.1 Å². The molecule has 1 aromatic rings. The molecule has 1 aliphatic heterocycles. The van der Waals surface area contributed by atoms with Gasteiger partial charge in [0, 0.05) is 19.1 Å². The van der Waals surface area contributed by atoms with Crippen molar-refractivity contribution in [2.75, 3.05) is 25.0 Å². The van der Waals surface area contributed by atoms with E-state index in [2.05, 4.69) is 5.32 Å². The summed E-state index contributed by atoms with van der Waals surface area (Å²) >= 11 is 0. The van der Waals surface area contributed by atoms with E-state index in [0.717, 1.165) is 5.56 Å². The molecule has 1 saturated heterocycles. The molecule has 2 rings (SSSR count). The molecule has 1 amide bonds. The third-order valence-electron chi connectivity index (χ3n) is 4.51. The van der Waals surface area contributed by atoms with Crippen molar-refractivity contribution in [1.29, 1.82) is 0 Å². The van der Waals surface area contributed by atoms with Crippen LogP contribution < -0.4 is 10.1 Å². The third-order valence-corrected chi connectivity index (χ3v) is 4.51. The number of piperidine rings is 1. The SMILES string of the molecule is Cc1cc(NC2CCN(C(=O)OCC(C)C)CC2)c([N+](=O)[O-])cc1OC(C)C. The molecule has 0 saturated carbocycles. The molecule has 8 heteroatoms. The molecule has 1 aliphatic rings. The van der Waals surface area contributed by atoms with Gasteiger partial charge in [-0.1, -0.05) is 13.8 Å². The molecule has 0 unspecified atom stereocenters. The summed E-state index contributed by atoms with van der Waals surface area (Å²) in [4.78, 5) is 24.9. The number of nitrogens with zero attached hydrogens (tertiary/aromatic N) is 2. The van der Waals surface area contributed by atoms with Crippen LogP contribution in [0.3, 0.4) is 0 Å². The van der Waals surface area contributed by atoms with E-state index in [9.17, 15) is 14.9 Å². The Morgan fingerprint density at radius 3 is 2.46 bits per heavy atom. The van der Waals surface area contributed by atoms with Gasteiger partial charge in [0.05, 0.1) is 23.7 Å². The monoisotopic (exact) mass is 393 g/mol. The van der Waals surface area contributed by atoms with Crippen molar-refractivity contribution in [3.8, 4) is 5.75 Å². The van der Waals surface area contributed by atoms with Gasteiger partial charge in [0.25, 0.3) is 5.69 Å². The van der Waals surface area contributed by atoms with Crippen LogP contribution in [0.15, 0.2) is 12.1 Å². The topological polar surface area (TPSA) is 93.9 Å². The van der Waals surface area contributed by atoms with E-state index in [-0.39, 0.29) is 23.9 Å². The van der Waals surface area contributed by atoms with E-state index >= 15 is 0 Å². The molecule has 1 fully saturated rings. The lowest BCUT2D eigenvalue weighted by Crippen LogP contribution is -2.43. The summed E-state index contributed by atoms with van der Waals surface area (Å²) in [7, 11) is 0. The highest BCUT2D eigenvalue weighted by atomic mass is 16.6. The highest BCUT2D eigenvalue weighted by molar-refractivity contribution is 5.68. The lowest BCUT2D eigenvalue weighted by molar-refractivity contribution is -0.384. The number of aryl methyl sites for hydroxylation is 1. The Kier molecular flexibility index (Phi) is 7.48. The molecule has 1 aromatic carbocycles. The van der Waals surface area contributed by atoms with Crippen LogP contribution in [0.5, 0.6) is 5.75 Å². The smallest absolute Gasteiger partial charge is 0.409 e. The van der Waals surface area contributed by atoms with E-state index < -0.39 is 4.92 Å². The first kappa shape index (κ1) is 21.8. The number of hydrogen-bond acceptors (Lipinski definition) is 6. The van der Waals surface area contributed by atoms with Gasteiger partial charge in [0.15, 0.2) is 0 Å². The molecule has 0 atom stereocenters. The zero-order valence-electron chi connectivity index (χ0n) is 17.4. The first-order chi connectivity index (χ1) is 13.2. The minimum atomic E-state index is -0.395. The fourth-order valence-corrected chi connectivity index (χ4v) is 3.08. The van der Waals surface area contributed by atoms with Crippen LogP contribution in [0.2, 0.25) is 0 Å². The molecule has 156 valence electrons. The molecule has 1 N–H and O–H groups in total. The summed E-state index contributed by atoms with van der Waals surface area (Å²) in [5.41, 5.74) is 1.33. The number of nitrogens with one attached hydrogen (secondary N) is 1. The van der Waals surface area contributed by atoms with Gasteiger partial charge >= 0.3 is 6.09 Å². The highest BCUT2D eigenvalue weighted by Gasteiger charge is 2.26. The Morgan fingerprint density at radius 1 is 1.29 bits per heavy atom. The van der Waals surface area contributed by atoms with Gasteiger partial charge in [0.1, 0.15) is 11.4 Å². The van der Waals surface area contributed by atoms with E-state index in [1.54, 1.807) is 11.0 Å². The van der Waals surface area contributed by atoms with Gasteiger partial charge in [-0.05, 0) is 51.2 Å². The average molecular weight is 393 g/mol. The number of likely N-dealkylation sites (tertiary alicyclic amines) is 1. The van der Waals surface area contributed by atoms with Gasteiger partial charge in [-0.15, -0.1) is 0 Å². The second kappa shape index (κ2) is 9.61.